The molecule has 0 spiro atoms. The monoisotopic (exact) mass is 215 g/mol. The molecule has 0 N–H and O–H groups in total. The van der Waals surface area contributed by atoms with Gasteiger partial charge in [-0.1, -0.05) is 33.6 Å². The van der Waals surface area contributed by atoms with Gasteiger partial charge in [-0.25, -0.2) is 0 Å². The number of esters is 1. The zero-order chi connectivity index (χ0) is 11.9. The van der Waals surface area contributed by atoms with Crippen LogP contribution in [0.4, 0.5) is 0 Å². The summed E-state index contributed by atoms with van der Waals surface area (Å²) in [5, 5.41) is 0. The third-order valence-electron chi connectivity index (χ3n) is 3.10. The van der Waals surface area contributed by atoms with Crippen LogP contribution >= 0.6 is 0 Å². The number of rotatable bonds is 7. The Hall–Kier alpha value is -0.570. The molecule has 0 bridgehead atoms. The number of carbonyl (C=O) groups excluding carboxylic acids is 1. The van der Waals surface area contributed by atoms with Crippen LogP contribution < -0.4 is 0 Å². The van der Waals surface area contributed by atoms with Gasteiger partial charge in [-0.05, 0) is 26.4 Å². The van der Waals surface area contributed by atoms with Crippen molar-refractivity contribution in [2.24, 2.45) is 0 Å². The molecule has 3 nitrogen and oxygen atoms in total. The maximum atomic E-state index is 11.8. The lowest BCUT2D eigenvalue weighted by molar-refractivity contribution is -0.154. The summed E-state index contributed by atoms with van der Waals surface area (Å²) in [5.74, 6) is -0.111. The van der Waals surface area contributed by atoms with E-state index in [1.807, 2.05) is 6.92 Å². The maximum Gasteiger partial charge on any atom is 0.325 e. The maximum absolute atomic E-state index is 11.8. The van der Waals surface area contributed by atoms with Crippen LogP contribution in [0.25, 0.3) is 0 Å². The van der Waals surface area contributed by atoms with Gasteiger partial charge in [0.15, 0.2) is 0 Å². The fourth-order valence-corrected chi connectivity index (χ4v) is 2.05. The summed E-state index contributed by atoms with van der Waals surface area (Å²) in [4.78, 5) is 14.0. The number of carbonyl (C=O) groups is 1. The lowest BCUT2D eigenvalue weighted by Crippen LogP contribution is -2.52. The van der Waals surface area contributed by atoms with E-state index < -0.39 is 5.54 Å². The summed E-state index contributed by atoms with van der Waals surface area (Å²) < 4.78 is 4.92. The number of hydrogen-bond donors (Lipinski definition) is 0. The molecule has 0 aliphatic rings. The molecule has 90 valence electrons. The van der Waals surface area contributed by atoms with Crippen LogP contribution in [0.2, 0.25) is 0 Å². The molecule has 3 heteroatoms. The molecule has 0 heterocycles. The first-order valence-corrected chi connectivity index (χ1v) is 5.90. The number of unbranched alkanes of at least 4 members (excludes halogenated alkanes) is 1. The van der Waals surface area contributed by atoms with Gasteiger partial charge in [-0.2, -0.15) is 0 Å². The van der Waals surface area contributed by atoms with Crippen LogP contribution in [0.5, 0.6) is 0 Å². The number of nitrogens with zero attached hydrogens (tertiary/aromatic N) is 1. The molecule has 0 saturated heterocycles. The van der Waals surface area contributed by atoms with E-state index in [1.165, 1.54) is 7.11 Å². The minimum Gasteiger partial charge on any atom is -0.468 e. The lowest BCUT2D eigenvalue weighted by Gasteiger charge is -2.37. The van der Waals surface area contributed by atoms with Gasteiger partial charge >= 0.3 is 5.97 Å². The van der Waals surface area contributed by atoms with Crippen LogP contribution in [0, 0.1) is 0 Å². The number of hydrogen-bond acceptors (Lipinski definition) is 3. The summed E-state index contributed by atoms with van der Waals surface area (Å²) >= 11 is 0. The van der Waals surface area contributed by atoms with E-state index in [9.17, 15) is 4.79 Å². The van der Waals surface area contributed by atoms with Crippen molar-refractivity contribution in [2.45, 2.75) is 52.5 Å². The van der Waals surface area contributed by atoms with Gasteiger partial charge in [0, 0.05) is 0 Å². The van der Waals surface area contributed by atoms with E-state index in [0.29, 0.717) is 0 Å². The first-order valence-electron chi connectivity index (χ1n) is 5.90. The van der Waals surface area contributed by atoms with Crippen molar-refractivity contribution in [1.82, 2.24) is 4.90 Å². The van der Waals surface area contributed by atoms with Gasteiger partial charge < -0.3 is 4.74 Å². The first-order chi connectivity index (χ1) is 7.06. The Morgan fingerprint density at radius 2 is 1.80 bits per heavy atom. The largest absolute Gasteiger partial charge is 0.468 e. The molecule has 0 radical (unpaired) electrons. The third kappa shape index (κ3) is 3.49. The predicted octanol–water partition coefficient (Wildman–Crippen LogP) is 2.45. The highest BCUT2D eigenvalue weighted by molar-refractivity contribution is 5.80. The second kappa shape index (κ2) is 6.83. The smallest absolute Gasteiger partial charge is 0.325 e. The van der Waals surface area contributed by atoms with Crippen LogP contribution in [-0.4, -0.2) is 36.6 Å². The van der Waals surface area contributed by atoms with Gasteiger partial charge in [0.25, 0.3) is 0 Å². The third-order valence-corrected chi connectivity index (χ3v) is 3.10. The summed E-state index contributed by atoms with van der Waals surface area (Å²) in [6.07, 6.45) is 3.04. The molecule has 0 saturated carbocycles. The predicted molar refractivity (Wildman–Crippen MR) is 62.9 cm³/mol. The molecular weight excluding hydrogens is 190 g/mol. The SMILES string of the molecule is CCCCC(C)(C(=O)OC)N(CC)CC. The van der Waals surface area contributed by atoms with Crippen molar-refractivity contribution in [2.75, 3.05) is 20.2 Å². The molecule has 0 fully saturated rings. The van der Waals surface area contributed by atoms with Gasteiger partial charge in [0.1, 0.15) is 5.54 Å². The summed E-state index contributed by atoms with van der Waals surface area (Å²) in [5.41, 5.74) is -0.450. The molecule has 0 aromatic heterocycles. The quantitative estimate of drug-likeness (QED) is 0.611. The zero-order valence-corrected chi connectivity index (χ0v) is 10.8. The fourth-order valence-electron chi connectivity index (χ4n) is 2.05. The summed E-state index contributed by atoms with van der Waals surface area (Å²) in [6, 6.07) is 0. The minimum atomic E-state index is -0.450. The number of methoxy groups -OCH3 is 1. The Morgan fingerprint density at radius 3 is 2.13 bits per heavy atom. The Balaban J connectivity index is 4.73. The highest BCUT2D eigenvalue weighted by Gasteiger charge is 2.38. The van der Waals surface area contributed by atoms with Gasteiger partial charge in [0.2, 0.25) is 0 Å². The minimum absolute atomic E-state index is 0.111. The zero-order valence-electron chi connectivity index (χ0n) is 10.8. The molecular formula is C12H25NO2. The average Bonchev–Trinajstić information content (AvgIpc) is 2.26. The van der Waals surface area contributed by atoms with E-state index in [1.54, 1.807) is 0 Å². The van der Waals surface area contributed by atoms with Crippen LogP contribution in [0.15, 0.2) is 0 Å². The molecule has 1 atom stereocenters. The summed E-state index contributed by atoms with van der Waals surface area (Å²) in [6.45, 7) is 10.0. The highest BCUT2D eigenvalue weighted by atomic mass is 16.5. The molecule has 0 aromatic rings. The van der Waals surface area contributed by atoms with E-state index in [-0.39, 0.29) is 5.97 Å². The van der Waals surface area contributed by atoms with E-state index in [4.69, 9.17) is 4.74 Å². The van der Waals surface area contributed by atoms with Crippen molar-refractivity contribution in [1.29, 1.82) is 0 Å². The van der Waals surface area contributed by atoms with Gasteiger partial charge in [-0.15, -0.1) is 0 Å². The Kier molecular flexibility index (Phi) is 6.57. The van der Waals surface area contributed by atoms with Crippen LogP contribution in [-0.2, 0) is 9.53 Å². The molecule has 1 unspecified atom stereocenters. The van der Waals surface area contributed by atoms with Crippen molar-refractivity contribution < 1.29 is 9.53 Å². The highest BCUT2D eigenvalue weighted by Crippen LogP contribution is 2.23. The first kappa shape index (κ1) is 14.4. The Morgan fingerprint density at radius 1 is 1.27 bits per heavy atom. The lowest BCUT2D eigenvalue weighted by atomic mass is 9.92. The van der Waals surface area contributed by atoms with Crippen LogP contribution in [0.1, 0.15) is 47.0 Å². The fraction of sp³-hybridized carbons (Fsp3) is 0.917. The van der Waals surface area contributed by atoms with Crippen molar-refractivity contribution in [3.05, 3.63) is 0 Å². The number of likely N-dealkylation sites (N-methyl/N-ethyl adjacent to an activating group) is 1. The Labute approximate surface area is 93.8 Å². The van der Waals surface area contributed by atoms with Crippen molar-refractivity contribution in [3.8, 4) is 0 Å². The topological polar surface area (TPSA) is 29.5 Å². The van der Waals surface area contributed by atoms with Crippen molar-refractivity contribution in [3.63, 3.8) is 0 Å². The molecule has 0 aliphatic heterocycles. The second-order valence-electron chi connectivity index (χ2n) is 4.04. The van der Waals surface area contributed by atoms with Gasteiger partial charge in [-0.3, -0.25) is 9.69 Å². The van der Waals surface area contributed by atoms with Crippen molar-refractivity contribution >= 4 is 5.97 Å². The molecule has 0 aromatic carbocycles. The van der Waals surface area contributed by atoms with E-state index in [0.717, 1.165) is 32.4 Å². The Bertz CT molecular complexity index is 190. The molecule has 0 amide bonds. The molecule has 15 heavy (non-hydrogen) atoms. The van der Waals surface area contributed by atoms with Crippen LogP contribution in [0.3, 0.4) is 0 Å². The van der Waals surface area contributed by atoms with E-state index >= 15 is 0 Å². The molecule has 0 rings (SSSR count). The molecule has 0 aliphatic carbocycles. The summed E-state index contributed by atoms with van der Waals surface area (Å²) in [7, 11) is 1.47. The average molecular weight is 215 g/mol. The number of ether oxygens (including phenoxy) is 1. The second-order valence-corrected chi connectivity index (χ2v) is 4.04. The van der Waals surface area contributed by atoms with E-state index in [2.05, 4.69) is 25.7 Å². The standard InChI is InChI=1S/C12H25NO2/c1-6-9-10-12(4,11(14)15-5)13(7-2)8-3/h6-10H2,1-5H3. The van der Waals surface area contributed by atoms with Gasteiger partial charge in [0.05, 0.1) is 7.11 Å². The normalized spacial score (nSPS) is 15.1.